The van der Waals surface area contributed by atoms with Gasteiger partial charge in [0, 0.05) is 30.7 Å². The molecule has 4 amide bonds. The molecule has 5 aromatic rings. The molecule has 3 saturated heterocycles. The molecule has 0 radical (unpaired) electrons. The van der Waals surface area contributed by atoms with E-state index >= 15 is 0 Å². The number of carbonyl (C=O) groups excluding carboxylic acids is 4. The maximum Gasteiger partial charge on any atom is 0.407 e. The first-order chi connectivity index (χ1) is 30.1. The molecular formula is C47H54N8O7. The van der Waals surface area contributed by atoms with Gasteiger partial charge in [0.25, 0.3) is 0 Å². The quantitative estimate of drug-likeness (QED) is 0.115. The Balaban J connectivity index is 0.867. The van der Waals surface area contributed by atoms with Gasteiger partial charge in [-0.15, -0.1) is 0 Å². The summed E-state index contributed by atoms with van der Waals surface area (Å²) in [5, 5.41) is 7.72. The third-order valence-corrected chi connectivity index (χ3v) is 14.3. The average molecular weight is 843 g/mol. The summed E-state index contributed by atoms with van der Waals surface area (Å²) in [6.07, 6.45) is 6.76. The van der Waals surface area contributed by atoms with Gasteiger partial charge < -0.3 is 44.6 Å². The van der Waals surface area contributed by atoms with Crippen LogP contribution in [0.2, 0.25) is 0 Å². The van der Waals surface area contributed by atoms with Gasteiger partial charge in [-0.2, -0.15) is 0 Å². The van der Waals surface area contributed by atoms with E-state index in [1.807, 2.05) is 29.8 Å². The van der Waals surface area contributed by atoms with Gasteiger partial charge in [0.05, 0.1) is 49.2 Å². The highest BCUT2D eigenvalue weighted by molar-refractivity contribution is 6.05. The molecule has 2 aromatic heterocycles. The van der Waals surface area contributed by atoms with E-state index in [4.69, 9.17) is 24.2 Å². The van der Waals surface area contributed by atoms with Crippen LogP contribution in [0, 0.1) is 23.7 Å². The highest BCUT2D eigenvalue weighted by atomic mass is 16.5. The average Bonchev–Trinajstić information content (AvgIpc) is 3.92. The lowest BCUT2D eigenvalue weighted by Gasteiger charge is -2.37. The van der Waals surface area contributed by atoms with Crippen LogP contribution in [0.4, 0.5) is 9.59 Å². The monoisotopic (exact) mass is 842 g/mol. The van der Waals surface area contributed by atoms with Crippen molar-refractivity contribution in [3.05, 3.63) is 72.4 Å². The van der Waals surface area contributed by atoms with E-state index in [-0.39, 0.29) is 47.8 Å². The summed E-state index contributed by atoms with van der Waals surface area (Å²) in [6, 6.07) is 17.5. The minimum atomic E-state index is -0.686. The molecule has 2 saturated carbocycles. The number of rotatable bonds is 10. The highest BCUT2D eigenvalue weighted by Crippen LogP contribution is 2.54. The zero-order chi connectivity index (χ0) is 42.8. The zero-order valence-corrected chi connectivity index (χ0v) is 35.6. The number of aromatic amines is 2. The van der Waals surface area contributed by atoms with E-state index in [0.29, 0.717) is 37.9 Å². The first-order valence-electron chi connectivity index (χ1n) is 22.1. The van der Waals surface area contributed by atoms with E-state index in [9.17, 15) is 19.2 Å². The summed E-state index contributed by atoms with van der Waals surface area (Å²) in [7, 11) is 2.63. The fraction of sp³-hybridized carbons (Fsp3) is 0.489. The number of carbonyl (C=O) groups is 4. The van der Waals surface area contributed by atoms with Crippen LogP contribution in [0.25, 0.3) is 44.2 Å². The van der Waals surface area contributed by atoms with Gasteiger partial charge in [0.15, 0.2) is 0 Å². The fourth-order valence-corrected chi connectivity index (χ4v) is 10.9. The highest BCUT2D eigenvalue weighted by Gasteiger charge is 2.57. The van der Waals surface area contributed by atoms with Crippen molar-refractivity contribution in [3.8, 4) is 22.4 Å². The first kappa shape index (κ1) is 40.1. The number of piperidine rings is 2. The number of nitrogens with one attached hydrogen (secondary N) is 4. The van der Waals surface area contributed by atoms with Crippen molar-refractivity contribution in [3.63, 3.8) is 0 Å². The van der Waals surface area contributed by atoms with E-state index < -0.39 is 24.3 Å². The minimum Gasteiger partial charge on any atom is -0.453 e. The molecule has 3 aliphatic heterocycles. The largest absolute Gasteiger partial charge is 0.453 e. The van der Waals surface area contributed by atoms with E-state index in [1.165, 1.54) is 14.2 Å². The van der Waals surface area contributed by atoms with E-state index in [2.05, 4.69) is 75.2 Å². The molecule has 15 nitrogen and oxygen atoms in total. The summed E-state index contributed by atoms with van der Waals surface area (Å²) in [5.41, 5.74) is 5.80. The van der Waals surface area contributed by atoms with Gasteiger partial charge in [-0.05, 0) is 103 Å². The number of nitrogens with zero attached hydrogens (tertiary/aromatic N) is 4. The number of methoxy groups -OCH3 is 2. The maximum atomic E-state index is 14.3. The first-order valence-corrected chi connectivity index (χ1v) is 22.1. The van der Waals surface area contributed by atoms with E-state index in [1.54, 1.807) is 0 Å². The summed E-state index contributed by atoms with van der Waals surface area (Å²) < 4.78 is 15.3. The Bertz CT molecular complexity index is 2530. The lowest BCUT2D eigenvalue weighted by atomic mass is 9.90. The topological polar surface area (TPSA) is 184 Å². The second kappa shape index (κ2) is 16.1. The molecule has 2 aliphatic carbocycles. The Morgan fingerprint density at radius 2 is 1.52 bits per heavy atom. The normalized spacial score (nSPS) is 25.2. The number of aromatic nitrogens is 4. The molecule has 10 rings (SSSR count). The van der Waals surface area contributed by atoms with Gasteiger partial charge in [0.2, 0.25) is 11.8 Å². The molecule has 4 N–H and O–H groups in total. The van der Waals surface area contributed by atoms with Crippen molar-refractivity contribution in [2.75, 3.05) is 27.4 Å². The van der Waals surface area contributed by atoms with Crippen LogP contribution < -0.4 is 10.6 Å². The summed E-state index contributed by atoms with van der Waals surface area (Å²) in [5.74, 6) is 1.98. The lowest BCUT2D eigenvalue weighted by Crippen LogP contribution is -2.54. The Morgan fingerprint density at radius 1 is 0.774 bits per heavy atom. The Morgan fingerprint density at radius 3 is 2.27 bits per heavy atom. The number of H-pyrrole nitrogens is 2. The number of alkyl carbamates (subject to hydrolysis) is 2. The molecule has 15 heteroatoms. The number of hydrogen-bond acceptors (Lipinski definition) is 9. The fourth-order valence-electron chi connectivity index (χ4n) is 10.9. The predicted octanol–water partition coefficient (Wildman–Crippen LogP) is 7.02. The third kappa shape index (κ3) is 7.13. The second-order valence-corrected chi connectivity index (χ2v) is 18.2. The van der Waals surface area contributed by atoms with Crippen LogP contribution in [0.5, 0.6) is 0 Å². The van der Waals surface area contributed by atoms with Gasteiger partial charge in [-0.1, -0.05) is 56.3 Å². The molecule has 1 unspecified atom stereocenters. The van der Waals surface area contributed by atoms with E-state index in [0.717, 1.165) is 87.9 Å². The van der Waals surface area contributed by atoms with Gasteiger partial charge in [-0.25, -0.2) is 19.6 Å². The summed E-state index contributed by atoms with van der Waals surface area (Å²) in [6.45, 7) is 4.99. The molecule has 2 bridgehead atoms. The van der Waals surface area contributed by atoms with Crippen LogP contribution in [0.15, 0.2) is 60.8 Å². The Hall–Kier alpha value is -5.96. The minimum absolute atomic E-state index is 0.0262. The zero-order valence-electron chi connectivity index (χ0n) is 35.6. The van der Waals surface area contributed by atoms with Gasteiger partial charge >= 0.3 is 12.2 Å². The summed E-state index contributed by atoms with van der Waals surface area (Å²) in [4.78, 5) is 73.9. The maximum absolute atomic E-state index is 14.3. The molecular weight excluding hydrogens is 789 g/mol. The molecule has 62 heavy (non-hydrogen) atoms. The number of ether oxygens (including phenoxy) is 3. The van der Waals surface area contributed by atoms with Crippen molar-refractivity contribution in [1.29, 1.82) is 0 Å². The summed E-state index contributed by atoms with van der Waals surface area (Å²) >= 11 is 0. The number of fused-ring (bicyclic) bond motifs is 6. The van der Waals surface area contributed by atoms with Gasteiger partial charge in [0.1, 0.15) is 23.7 Å². The molecule has 3 aromatic carbocycles. The Kier molecular flexibility index (Phi) is 10.4. The smallest absolute Gasteiger partial charge is 0.407 e. The third-order valence-electron chi connectivity index (χ3n) is 14.3. The van der Waals surface area contributed by atoms with Crippen LogP contribution in [-0.2, 0) is 23.8 Å². The molecule has 324 valence electrons. The van der Waals surface area contributed by atoms with Crippen molar-refractivity contribution in [1.82, 2.24) is 40.4 Å². The molecule has 0 spiro atoms. The van der Waals surface area contributed by atoms with Gasteiger partial charge in [-0.3, -0.25) is 9.59 Å². The lowest BCUT2D eigenvalue weighted by molar-refractivity contribution is -0.139. The van der Waals surface area contributed by atoms with Crippen LogP contribution in [-0.4, -0.2) is 105 Å². The number of amides is 4. The molecule has 5 heterocycles. The second-order valence-electron chi connectivity index (χ2n) is 18.2. The predicted molar refractivity (Wildman–Crippen MR) is 230 cm³/mol. The number of benzene rings is 3. The molecule has 5 aliphatic rings. The van der Waals surface area contributed by atoms with Crippen molar-refractivity contribution >= 4 is 45.8 Å². The van der Waals surface area contributed by atoms with Crippen LogP contribution in [0.1, 0.15) is 82.5 Å². The molecule has 5 fully saturated rings. The Labute approximate surface area is 359 Å². The SMILES string of the molecule is COC(=O)N[C@H](C(=O)N1C(c2ncc(-c3ccc(-c4ccc5c(ccc6[nH]c([C@@H]7C[C@H]8C[C@H]8N7C(=O)[C@@H](NC(=O)OC)C7CCOCC7)nc65)c4)cc3)[nH]2)[C@H]2CC[C@@H]1C2)C(C)C. The van der Waals surface area contributed by atoms with Crippen molar-refractivity contribution < 1.29 is 33.4 Å². The number of imidazole rings is 2. The number of likely N-dealkylation sites (tertiary alicyclic amines) is 2. The van der Waals surface area contributed by atoms with Crippen LogP contribution in [0.3, 0.4) is 0 Å². The van der Waals surface area contributed by atoms with Crippen LogP contribution >= 0.6 is 0 Å². The van der Waals surface area contributed by atoms with Crippen molar-refractivity contribution in [2.24, 2.45) is 23.7 Å². The molecule has 8 atom stereocenters. The standard InChI is InChI=1S/C47H54N8O7/c1-24(2)38(52-46(58)60-3)44(56)54-32-12-9-30(20-32)41(54)43-48-23-35(50-43)26-7-5-25(6-8-26)28-10-13-33-29(19-28)11-14-34-40(33)51-42(49-34)37-22-31-21-36(31)55(37)45(57)39(53-47(59)61-4)27-15-17-62-18-16-27/h5-8,10-11,13-14,19,23-24,27,30-32,36-39,41H,9,12,15-18,20-22H2,1-4H3,(H,48,50)(H,49,51)(H,52,58)(H,53,59)/t30-,31+,32+,36+,37-,38-,39-,41?/m0/s1. The number of hydrogen-bond donors (Lipinski definition) is 4. The van der Waals surface area contributed by atoms with Crippen molar-refractivity contribution in [2.45, 2.75) is 95.0 Å².